The number of nitrogens with zero attached hydrogens (tertiary/aromatic N) is 4. The van der Waals surface area contributed by atoms with Crippen molar-refractivity contribution in [2.75, 3.05) is 0 Å². The highest BCUT2D eigenvalue weighted by molar-refractivity contribution is 6.16. The zero-order chi connectivity index (χ0) is 45.9. The van der Waals surface area contributed by atoms with Crippen molar-refractivity contribution in [1.82, 2.24) is 14.5 Å². The van der Waals surface area contributed by atoms with Crippen LogP contribution in [0.4, 0.5) is 0 Å². The standard InChI is InChI=1S/C65H47N5/c1-2-15-44(16-3-1)63-66-64(46-28-27-43-26-25-40-13-4-6-18-50(40)55(43)36-46)68-65(67-63)53-22-12-17-42-29-32-49(39-56(42)53)70-58-23-10-8-20-52(58)57-37-47-35-48(33-30-45(47)38-61(57)70)69-59-24-11-9-21-54(59)62-51-19-7-5-14-41(51)31-34-60(62)69/h1-6,8,11-18,20,22,24-39,65H,7,9-10,19,21,23H2,(H,66,67,68). The van der Waals surface area contributed by atoms with Gasteiger partial charge in [-0.2, -0.15) is 0 Å². The SMILES string of the molecule is C1=Cc2ccc3c(c2CC1)c1c(n3-c2ccc3cc4c(cc3c2)c2c(n4-c3ccc4cccc(C5N=C(c6ccccc6)N=C(c6ccc7ccc8ccccc8c7c6)N5)c4c3)CCC=C2)C=CCC1. The van der Waals surface area contributed by atoms with Crippen molar-refractivity contribution in [2.45, 2.75) is 44.7 Å². The Hall–Kier alpha value is -8.54. The molecule has 3 aliphatic carbocycles. The molecule has 1 aliphatic heterocycles. The molecular weight excluding hydrogens is 851 g/mol. The minimum absolute atomic E-state index is 0.373. The van der Waals surface area contributed by atoms with E-state index in [1.807, 2.05) is 6.07 Å². The lowest BCUT2D eigenvalue weighted by Gasteiger charge is -2.25. The molecule has 2 aromatic heterocycles. The van der Waals surface area contributed by atoms with Crippen LogP contribution in [0.3, 0.4) is 0 Å². The number of hydrogen-bond acceptors (Lipinski definition) is 3. The average Bonchev–Trinajstić information content (AvgIpc) is 3.94. The highest BCUT2D eigenvalue weighted by atomic mass is 15.2. The summed E-state index contributed by atoms with van der Waals surface area (Å²) in [5.41, 5.74) is 16.5. The van der Waals surface area contributed by atoms with Gasteiger partial charge in [-0.3, -0.25) is 0 Å². The summed E-state index contributed by atoms with van der Waals surface area (Å²) in [6.07, 6.45) is 20.1. The van der Waals surface area contributed by atoms with Gasteiger partial charge >= 0.3 is 0 Å². The summed E-state index contributed by atoms with van der Waals surface area (Å²) < 4.78 is 5.07. The summed E-state index contributed by atoms with van der Waals surface area (Å²) in [5, 5.41) is 16.3. The van der Waals surface area contributed by atoms with Crippen LogP contribution in [-0.2, 0) is 19.3 Å². The maximum atomic E-state index is 5.39. The number of allylic oxidation sites excluding steroid dienone is 3. The van der Waals surface area contributed by atoms with E-state index in [0.717, 1.165) is 72.6 Å². The van der Waals surface area contributed by atoms with Crippen LogP contribution in [-0.4, -0.2) is 20.8 Å². The molecule has 0 radical (unpaired) electrons. The Bertz CT molecular complexity index is 4210. The number of rotatable bonds is 5. The third kappa shape index (κ3) is 6.10. The second-order valence-electron chi connectivity index (χ2n) is 19.4. The van der Waals surface area contributed by atoms with Gasteiger partial charge in [-0.1, -0.05) is 146 Å². The van der Waals surface area contributed by atoms with Crippen LogP contribution >= 0.6 is 0 Å². The van der Waals surface area contributed by atoms with E-state index in [0.29, 0.717) is 0 Å². The second kappa shape index (κ2) is 15.5. The Morgan fingerprint density at radius 3 is 2.14 bits per heavy atom. The van der Waals surface area contributed by atoms with Gasteiger partial charge in [-0.25, -0.2) is 9.98 Å². The van der Waals surface area contributed by atoms with Crippen LogP contribution in [0.25, 0.3) is 94.5 Å². The van der Waals surface area contributed by atoms with Crippen molar-refractivity contribution in [3.63, 3.8) is 0 Å². The molecule has 4 aliphatic rings. The molecule has 1 N–H and O–H groups in total. The van der Waals surface area contributed by atoms with Gasteiger partial charge in [-0.05, 0) is 153 Å². The fourth-order valence-electron chi connectivity index (χ4n) is 12.2. The van der Waals surface area contributed by atoms with Gasteiger partial charge in [0.05, 0.1) is 11.0 Å². The Morgan fingerprint density at radius 1 is 0.471 bits per heavy atom. The van der Waals surface area contributed by atoms with E-state index >= 15 is 0 Å². The van der Waals surface area contributed by atoms with Gasteiger partial charge in [0.1, 0.15) is 12.0 Å². The summed E-state index contributed by atoms with van der Waals surface area (Å²) in [5.74, 6) is 1.53. The number of nitrogens with one attached hydrogen (secondary N) is 1. The van der Waals surface area contributed by atoms with E-state index in [1.54, 1.807) is 0 Å². The topological polar surface area (TPSA) is 46.6 Å². The monoisotopic (exact) mass is 897 g/mol. The van der Waals surface area contributed by atoms with Gasteiger partial charge in [0.2, 0.25) is 0 Å². The first-order valence-corrected chi connectivity index (χ1v) is 24.9. The number of hydrogen-bond donors (Lipinski definition) is 1. The molecule has 1 unspecified atom stereocenters. The molecule has 1 atom stereocenters. The fourth-order valence-corrected chi connectivity index (χ4v) is 12.2. The molecule has 0 fully saturated rings. The highest BCUT2D eigenvalue weighted by Gasteiger charge is 2.26. The first-order valence-electron chi connectivity index (χ1n) is 24.9. The average molecular weight is 898 g/mol. The Morgan fingerprint density at radius 2 is 1.21 bits per heavy atom. The van der Waals surface area contributed by atoms with Crippen LogP contribution in [0.5, 0.6) is 0 Å². The van der Waals surface area contributed by atoms with Gasteiger partial charge < -0.3 is 14.5 Å². The number of amidine groups is 2. The molecule has 70 heavy (non-hydrogen) atoms. The molecule has 11 aromatic rings. The van der Waals surface area contributed by atoms with Gasteiger partial charge in [0, 0.05) is 55.8 Å². The van der Waals surface area contributed by atoms with Gasteiger partial charge in [-0.15, -0.1) is 0 Å². The summed E-state index contributed by atoms with van der Waals surface area (Å²) in [7, 11) is 0. The molecular formula is C65H47N5. The molecule has 9 aromatic carbocycles. The lowest BCUT2D eigenvalue weighted by molar-refractivity contribution is 0.679. The predicted octanol–water partition coefficient (Wildman–Crippen LogP) is 15.6. The Labute approximate surface area is 405 Å². The largest absolute Gasteiger partial charge is 0.344 e. The second-order valence-corrected chi connectivity index (χ2v) is 19.4. The molecule has 5 nitrogen and oxygen atoms in total. The number of aryl methyl sites for hydroxylation is 2. The lowest BCUT2D eigenvalue weighted by Crippen LogP contribution is -2.33. The predicted molar refractivity (Wildman–Crippen MR) is 294 cm³/mol. The molecule has 0 saturated heterocycles. The lowest BCUT2D eigenvalue weighted by atomic mass is 9.90. The van der Waals surface area contributed by atoms with Crippen LogP contribution < -0.4 is 5.32 Å². The van der Waals surface area contributed by atoms with Crippen molar-refractivity contribution >= 4 is 94.8 Å². The zero-order valence-electron chi connectivity index (χ0n) is 38.7. The normalized spacial score (nSPS) is 16.2. The zero-order valence-corrected chi connectivity index (χ0v) is 38.7. The first kappa shape index (κ1) is 39.5. The number of benzene rings is 9. The molecule has 0 bridgehead atoms. The van der Waals surface area contributed by atoms with Crippen molar-refractivity contribution in [1.29, 1.82) is 0 Å². The molecule has 3 heterocycles. The fraction of sp³-hybridized carbons (Fsp3) is 0.108. The molecule has 0 saturated carbocycles. The van der Waals surface area contributed by atoms with E-state index in [2.05, 4.69) is 209 Å². The smallest absolute Gasteiger partial charge is 0.159 e. The molecule has 332 valence electrons. The molecule has 5 heteroatoms. The highest BCUT2D eigenvalue weighted by Crippen LogP contribution is 2.42. The van der Waals surface area contributed by atoms with Crippen LogP contribution in [0.1, 0.15) is 75.8 Å². The van der Waals surface area contributed by atoms with E-state index in [4.69, 9.17) is 9.98 Å². The Balaban J connectivity index is 0.861. The van der Waals surface area contributed by atoms with E-state index in [9.17, 15) is 0 Å². The van der Waals surface area contributed by atoms with Crippen molar-refractivity contribution in [3.8, 4) is 11.4 Å². The number of aromatic nitrogens is 2. The summed E-state index contributed by atoms with van der Waals surface area (Å²) in [4.78, 5) is 10.6. The van der Waals surface area contributed by atoms with E-state index in [1.165, 1.54) is 104 Å². The Kier molecular flexibility index (Phi) is 8.73. The number of fused-ring (bicyclic) bond motifs is 13. The first-order chi connectivity index (χ1) is 34.7. The van der Waals surface area contributed by atoms with Gasteiger partial charge in [0.15, 0.2) is 5.84 Å². The summed E-state index contributed by atoms with van der Waals surface area (Å²) in [6, 6.07) is 60.4. The molecule has 0 spiro atoms. The van der Waals surface area contributed by atoms with Gasteiger partial charge in [0.25, 0.3) is 0 Å². The number of aliphatic imine (C=N–C) groups is 2. The van der Waals surface area contributed by atoms with Crippen molar-refractivity contribution < 1.29 is 0 Å². The summed E-state index contributed by atoms with van der Waals surface area (Å²) in [6.45, 7) is 0. The third-order valence-electron chi connectivity index (χ3n) is 15.5. The molecule has 0 amide bonds. The van der Waals surface area contributed by atoms with E-state index < -0.39 is 0 Å². The van der Waals surface area contributed by atoms with E-state index in [-0.39, 0.29) is 6.17 Å². The maximum absolute atomic E-state index is 5.39. The summed E-state index contributed by atoms with van der Waals surface area (Å²) >= 11 is 0. The van der Waals surface area contributed by atoms with Crippen LogP contribution in [0.2, 0.25) is 0 Å². The minimum Gasteiger partial charge on any atom is -0.344 e. The quantitative estimate of drug-likeness (QED) is 0.172. The van der Waals surface area contributed by atoms with Crippen molar-refractivity contribution in [2.24, 2.45) is 9.98 Å². The van der Waals surface area contributed by atoms with Crippen LogP contribution in [0, 0.1) is 0 Å². The van der Waals surface area contributed by atoms with Crippen LogP contribution in [0.15, 0.2) is 192 Å². The molecule has 15 rings (SSSR count). The van der Waals surface area contributed by atoms with Crippen molar-refractivity contribution in [3.05, 3.63) is 232 Å². The third-order valence-corrected chi connectivity index (χ3v) is 15.5. The minimum atomic E-state index is -0.373. The maximum Gasteiger partial charge on any atom is 0.159 e.